The van der Waals surface area contributed by atoms with Crippen LogP contribution in [0.4, 0.5) is 13.2 Å². The molecule has 2 aromatic rings. The van der Waals surface area contributed by atoms with E-state index in [1.807, 2.05) is 0 Å². The first-order valence-electron chi connectivity index (χ1n) is 9.92. The lowest BCUT2D eigenvalue weighted by Crippen LogP contribution is -2.30. The van der Waals surface area contributed by atoms with Gasteiger partial charge in [0.2, 0.25) is 10.0 Å². The van der Waals surface area contributed by atoms with Crippen molar-refractivity contribution in [3.8, 4) is 11.1 Å². The molecule has 1 unspecified atom stereocenters. The first kappa shape index (κ1) is 24.1. The van der Waals surface area contributed by atoms with Crippen molar-refractivity contribution in [3.05, 3.63) is 47.8 Å². The van der Waals surface area contributed by atoms with Crippen LogP contribution in [-0.4, -0.2) is 56.6 Å². The Balaban J connectivity index is 1.90. The van der Waals surface area contributed by atoms with Crippen LogP contribution in [0.2, 0.25) is 0 Å². The van der Waals surface area contributed by atoms with E-state index in [1.54, 1.807) is 19.1 Å². The molecular weight excluding hydrogens is 449 g/mol. The Morgan fingerprint density at radius 3 is 2.53 bits per heavy atom. The molecule has 1 aromatic heterocycles. The monoisotopic (exact) mass is 472 g/mol. The lowest BCUT2D eigenvalue weighted by atomic mass is 10.0. The summed E-state index contributed by atoms with van der Waals surface area (Å²) in [6, 6.07) is 5.84. The summed E-state index contributed by atoms with van der Waals surface area (Å²) in [4.78, 5) is 15.2. The molecule has 32 heavy (non-hydrogen) atoms. The topological polar surface area (TPSA) is 89.1 Å². The van der Waals surface area contributed by atoms with Crippen LogP contribution in [0.15, 0.2) is 41.4 Å². The number of aryl methyl sites for hydroxylation is 1. The van der Waals surface area contributed by atoms with Crippen LogP contribution in [0.3, 0.4) is 0 Å². The Kier molecular flexibility index (Phi) is 7.21. The molecule has 0 amide bonds. The fourth-order valence-corrected chi connectivity index (χ4v) is 4.30. The van der Waals surface area contributed by atoms with Crippen molar-refractivity contribution in [1.29, 1.82) is 0 Å². The number of halogens is 3. The molecule has 0 saturated carbocycles. The van der Waals surface area contributed by atoms with Crippen molar-refractivity contribution >= 4 is 16.0 Å². The largest absolute Gasteiger partial charge is 0.466 e. The third kappa shape index (κ3) is 6.05. The maximum absolute atomic E-state index is 13.5. The minimum atomic E-state index is -4.73. The number of aromatic nitrogens is 1. The zero-order valence-electron chi connectivity index (χ0n) is 17.6. The molecule has 2 heterocycles. The number of pyridine rings is 1. The van der Waals surface area contributed by atoms with Gasteiger partial charge in [0.05, 0.1) is 36.2 Å². The van der Waals surface area contributed by atoms with Crippen molar-refractivity contribution < 1.29 is 35.9 Å². The van der Waals surface area contributed by atoms with Gasteiger partial charge >= 0.3 is 12.1 Å². The third-order valence-electron chi connectivity index (χ3n) is 4.85. The van der Waals surface area contributed by atoms with Gasteiger partial charge in [0, 0.05) is 37.5 Å². The predicted molar refractivity (Wildman–Crippen MR) is 109 cm³/mol. The minimum Gasteiger partial charge on any atom is -0.466 e. The smallest absolute Gasteiger partial charge is 0.416 e. The highest BCUT2D eigenvalue weighted by Gasteiger charge is 2.35. The second-order valence-electron chi connectivity index (χ2n) is 7.33. The molecule has 0 aliphatic carbocycles. The molecule has 1 aliphatic heterocycles. The van der Waals surface area contributed by atoms with E-state index in [1.165, 1.54) is 19.3 Å². The number of benzene rings is 1. The summed E-state index contributed by atoms with van der Waals surface area (Å²) >= 11 is 0. The zero-order chi connectivity index (χ0) is 23.5. The SMILES string of the molecule is CCOC(=O)CCc1ccc(-c2cc(C(F)(F)F)cc(S(=O)(=O)N(C)CC3CO3)c2)cn1. The Labute approximate surface area is 184 Å². The average Bonchev–Trinajstić information content (AvgIpc) is 3.56. The quantitative estimate of drug-likeness (QED) is 0.411. The number of likely N-dealkylation sites (N-methyl/N-ethyl adjacent to an activating group) is 1. The third-order valence-corrected chi connectivity index (χ3v) is 6.65. The summed E-state index contributed by atoms with van der Waals surface area (Å²) < 4.78 is 77.0. The van der Waals surface area contributed by atoms with Gasteiger partial charge in [-0.05, 0) is 36.8 Å². The van der Waals surface area contributed by atoms with Crippen molar-refractivity contribution in [3.63, 3.8) is 0 Å². The van der Waals surface area contributed by atoms with E-state index in [9.17, 15) is 26.4 Å². The van der Waals surface area contributed by atoms with Crippen LogP contribution in [-0.2, 0) is 36.9 Å². The molecule has 1 fully saturated rings. The minimum absolute atomic E-state index is 0.0601. The number of esters is 1. The van der Waals surface area contributed by atoms with Crippen LogP contribution in [0.5, 0.6) is 0 Å². The molecule has 1 saturated heterocycles. The van der Waals surface area contributed by atoms with Crippen LogP contribution in [0.25, 0.3) is 11.1 Å². The standard InChI is InChI=1S/C21H23F3N2O5S/c1-3-30-20(27)7-6-17-5-4-14(11-25-17)15-8-16(21(22,23)24)10-19(9-15)32(28,29)26(2)12-18-13-31-18/h4-5,8-11,18H,3,6-7,12-13H2,1-2H3. The van der Waals surface area contributed by atoms with Gasteiger partial charge in [-0.3, -0.25) is 9.78 Å². The fraction of sp³-hybridized carbons (Fsp3) is 0.429. The van der Waals surface area contributed by atoms with E-state index < -0.39 is 26.7 Å². The lowest BCUT2D eigenvalue weighted by Gasteiger charge is -2.18. The number of carbonyl (C=O) groups is 1. The molecule has 7 nitrogen and oxygen atoms in total. The molecule has 1 atom stereocenters. The highest BCUT2D eigenvalue weighted by molar-refractivity contribution is 7.89. The van der Waals surface area contributed by atoms with E-state index in [0.29, 0.717) is 30.4 Å². The number of hydrogen-bond acceptors (Lipinski definition) is 6. The first-order valence-corrected chi connectivity index (χ1v) is 11.4. The molecule has 0 bridgehead atoms. The Morgan fingerprint density at radius 1 is 1.25 bits per heavy atom. The molecule has 0 radical (unpaired) electrons. The number of hydrogen-bond donors (Lipinski definition) is 0. The summed E-state index contributed by atoms with van der Waals surface area (Å²) in [5.74, 6) is -0.369. The van der Waals surface area contributed by atoms with Gasteiger partial charge in [-0.25, -0.2) is 8.42 Å². The maximum Gasteiger partial charge on any atom is 0.416 e. The number of nitrogens with zero attached hydrogens (tertiary/aromatic N) is 2. The fourth-order valence-electron chi connectivity index (χ4n) is 3.02. The zero-order valence-corrected chi connectivity index (χ0v) is 18.4. The highest BCUT2D eigenvalue weighted by Crippen LogP contribution is 2.35. The van der Waals surface area contributed by atoms with Crippen LogP contribution in [0.1, 0.15) is 24.6 Å². The van der Waals surface area contributed by atoms with Crippen molar-refractivity contribution in [2.45, 2.75) is 36.9 Å². The number of carbonyl (C=O) groups excluding carboxylic acids is 1. The van der Waals surface area contributed by atoms with Gasteiger partial charge in [-0.15, -0.1) is 0 Å². The van der Waals surface area contributed by atoms with Crippen molar-refractivity contribution in [2.75, 3.05) is 26.8 Å². The van der Waals surface area contributed by atoms with Gasteiger partial charge in [0.15, 0.2) is 0 Å². The lowest BCUT2D eigenvalue weighted by molar-refractivity contribution is -0.143. The molecule has 1 aromatic carbocycles. The number of epoxide rings is 1. The molecular formula is C21H23F3N2O5S. The van der Waals surface area contributed by atoms with Gasteiger partial charge in [-0.1, -0.05) is 6.07 Å². The second kappa shape index (κ2) is 9.55. The van der Waals surface area contributed by atoms with E-state index in [4.69, 9.17) is 9.47 Å². The summed E-state index contributed by atoms with van der Waals surface area (Å²) in [6.45, 7) is 2.45. The Hall–Kier alpha value is -2.50. The molecule has 11 heteroatoms. The van der Waals surface area contributed by atoms with Crippen LogP contribution in [0, 0.1) is 0 Å². The van der Waals surface area contributed by atoms with Gasteiger partial charge in [-0.2, -0.15) is 17.5 Å². The predicted octanol–water partition coefficient (Wildman–Crippen LogP) is 3.28. The highest BCUT2D eigenvalue weighted by atomic mass is 32.2. The van der Waals surface area contributed by atoms with Gasteiger partial charge in [0.1, 0.15) is 0 Å². The summed E-state index contributed by atoms with van der Waals surface area (Å²) in [5, 5.41) is 0. The Bertz CT molecular complexity index is 1070. The average molecular weight is 472 g/mol. The maximum atomic E-state index is 13.5. The number of alkyl halides is 3. The molecule has 0 spiro atoms. The Morgan fingerprint density at radius 2 is 1.97 bits per heavy atom. The van der Waals surface area contributed by atoms with Crippen molar-refractivity contribution in [2.24, 2.45) is 0 Å². The number of sulfonamides is 1. The van der Waals surface area contributed by atoms with Crippen LogP contribution < -0.4 is 0 Å². The summed E-state index contributed by atoms with van der Waals surface area (Å²) in [7, 11) is -2.86. The first-order chi connectivity index (χ1) is 15.0. The molecule has 3 rings (SSSR count). The molecule has 0 N–H and O–H groups in total. The summed E-state index contributed by atoms with van der Waals surface area (Å²) in [6.07, 6.45) is -3.18. The molecule has 174 valence electrons. The van der Waals surface area contributed by atoms with E-state index in [0.717, 1.165) is 10.4 Å². The molecule has 1 aliphatic rings. The summed E-state index contributed by atoms with van der Waals surface area (Å²) in [5.41, 5.74) is -0.124. The van der Waals surface area contributed by atoms with E-state index in [2.05, 4.69) is 4.98 Å². The normalized spacial score (nSPS) is 16.2. The van der Waals surface area contributed by atoms with E-state index in [-0.39, 0.29) is 37.2 Å². The van der Waals surface area contributed by atoms with Gasteiger partial charge < -0.3 is 9.47 Å². The van der Waals surface area contributed by atoms with Crippen molar-refractivity contribution in [1.82, 2.24) is 9.29 Å². The number of ether oxygens (including phenoxy) is 2. The van der Waals surface area contributed by atoms with Crippen LogP contribution >= 0.6 is 0 Å². The number of rotatable bonds is 9. The van der Waals surface area contributed by atoms with Gasteiger partial charge in [0.25, 0.3) is 0 Å². The van der Waals surface area contributed by atoms with E-state index >= 15 is 0 Å². The second-order valence-corrected chi connectivity index (χ2v) is 9.37.